The first-order chi connectivity index (χ1) is 9.63. The Morgan fingerprint density at radius 1 is 1.45 bits per heavy atom. The minimum atomic E-state index is -0.224. The van der Waals surface area contributed by atoms with Gasteiger partial charge in [-0.3, -0.25) is 4.79 Å². The average Bonchev–Trinajstić information content (AvgIpc) is 2.96. The molecule has 4 nitrogen and oxygen atoms in total. The fraction of sp³-hybridized carbons (Fsp3) is 0.533. The molecular weight excluding hydrogens is 320 g/mol. The molecule has 20 heavy (non-hydrogen) atoms. The summed E-state index contributed by atoms with van der Waals surface area (Å²) in [6.45, 7) is 4.19. The highest BCUT2D eigenvalue weighted by atomic mass is 79.9. The maximum absolute atomic E-state index is 12.3. The van der Waals surface area contributed by atoms with Gasteiger partial charge in [-0.25, -0.2) is 0 Å². The molecule has 0 bridgehead atoms. The second-order valence-electron chi connectivity index (χ2n) is 5.10. The van der Waals surface area contributed by atoms with Gasteiger partial charge in [-0.1, -0.05) is 22.0 Å². The van der Waals surface area contributed by atoms with Crippen molar-refractivity contribution in [3.63, 3.8) is 0 Å². The Balaban J connectivity index is 2.08. The van der Waals surface area contributed by atoms with E-state index in [-0.39, 0.29) is 11.9 Å². The Morgan fingerprint density at radius 3 is 2.80 bits per heavy atom. The molecule has 0 saturated carbocycles. The van der Waals surface area contributed by atoms with Crippen molar-refractivity contribution < 1.29 is 9.53 Å². The first-order valence-electron chi connectivity index (χ1n) is 6.95. The van der Waals surface area contributed by atoms with E-state index in [1.807, 2.05) is 30.0 Å². The number of benzene rings is 1. The Kier molecular flexibility index (Phi) is 5.43. The van der Waals surface area contributed by atoms with Crippen LogP contribution in [0.1, 0.15) is 25.3 Å². The van der Waals surface area contributed by atoms with E-state index < -0.39 is 0 Å². The van der Waals surface area contributed by atoms with Crippen LogP contribution in [0.3, 0.4) is 0 Å². The number of carbonyl (C=O) groups excluding carboxylic acids is 1. The minimum absolute atomic E-state index is 0.172. The maximum Gasteiger partial charge on any atom is 0.244 e. The van der Waals surface area contributed by atoms with E-state index in [4.69, 9.17) is 4.74 Å². The molecule has 0 spiro atoms. The number of amides is 1. The summed E-state index contributed by atoms with van der Waals surface area (Å²) >= 11 is 3.53. The van der Waals surface area contributed by atoms with E-state index in [0.29, 0.717) is 6.61 Å². The van der Waals surface area contributed by atoms with Crippen molar-refractivity contribution in [2.45, 2.75) is 32.4 Å². The third-order valence-corrected chi connectivity index (χ3v) is 4.31. The SMILES string of the molecule is COCc1c(Br)cccc1NC(C)C(=O)N1CCCC1. The van der Waals surface area contributed by atoms with Gasteiger partial charge in [0.05, 0.1) is 6.61 Å². The van der Waals surface area contributed by atoms with Crippen LogP contribution in [0.4, 0.5) is 5.69 Å². The van der Waals surface area contributed by atoms with Crippen molar-refractivity contribution in [1.82, 2.24) is 4.90 Å². The predicted octanol–water partition coefficient (Wildman–Crippen LogP) is 3.02. The molecule has 1 aromatic rings. The summed E-state index contributed by atoms with van der Waals surface area (Å²) in [5.41, 5.74) is 1.98. The number of nitrogens with one attached hydrogen (secondary N) is 1. The van der Waals surface area contributed by atoms with Gasteiger partial charge in [0.15, 0.2) is 0 Å². The average molecular weight is 341 g/mol. The number of nitrogens with zero attached hydrogens (tertiary/aromatic N) is 1. The van der Waals surface area contributed by atoms with Crippen molar-refractivity contribution in [2.75, 3.05) is 25.5 Å². The first kappa shape index (κ1) is 15.3. The molecule has 1 aliphatic heterocycles. The lowest BCUT2D eigenvalue weighted by atomic mass is 10.1. The zero-order valence-corrected chi connectivity index (χ0v) is 13.6. The molecule has 0 aromatic heterocycles. The number of hydrogen-bond acceptors (Lipinski definition) is 3. The van der Waals surface area contributed by atoms with Gasteiger partial charge in [-0.2, -0.15) is 0 Å². The van der Waals surface area contributed by atoms with Crippen LogP contribution in [0.25, 0.3) is 0 Å². The van der Waals surface area contributed by atoms with E-state index in [1.165, 1.54) is 0 Å². The van der Waals surface area contributed by atoms with Crippen LogP contribution >= 0.6 is 15.9 Å². The fourth-order valence-electron chi connectivity index (χ4n) is 2.49. The van der Waals surface area contributed by atoms with E-state index >= 15 is 0 Å². The quantitative estimate of drug-likeness (QED) is 0.895. The highest BCUT2D eigenvalue weighted by molar-refractivity contribution is 9.10. The normalized spacial score (nSPS) is 16.2. The third kappa shape index (κ3) is 3.52. The highest BCUT2D eigenvalue weighted by Crippen LogP contribution is 2.26. The van der Waals surface area contributed by atoms with Gasteiger partial charge in [0.1, 0.15) is 6.04 Å². The Labute approximate surface area is 128 Å². The number of carbonyl (C=O) groups is 1. The van der Waals surface area contributed by atoms with Crippen LogP contribution in [0.2, 0.25) is 0 Å². The van der Waals surface area contributed by atoms with Crippen LogP contribution in [-0.2, 0) is 16.1 Å². The van der Waals surface area contributed by atoms with E-state index in [1.54, 1.807) is 7.11 Å². The van der Waals surface area contributed by atoms with Crippen molar-refractivity contribution in [1.29, 1.82) is 0 Å². The van der Waals surface area contributed by atoms with Gasteiger partial charge >= 0.3 is 0 Å². The van der Waals surface area contributed by atoms with Crippen molar-refractivity contribution in [3.05, 3.63) is 28.2 Å². The lowest BCUT2D eigenvalue weighted by Crippen LogP contribution is -2.39. The maximum atomic E-state index is 12.3. The minimum Gasteiger partial charge on any atom is -0.380 e. The summed E-state index contributed by atoms with van der Waals surface area (Å²) in [7, 11) is 1.67. The second-order valence-corrected chi connectivity index (χ2v) is 5.95. The molecule has 1 heterocycles. The predicted molar refractivity (Wildman–Crippen MR) is 83.8 cm³/mol. The number of likely N-dealkylation sites (tertiary alicyclic amines) is 1. The number of hydrogen-bond donors (Lipinski definition) is 1. The van der Waals surface area contributed by atoms with Gasteiger partial charge in [0.25, 0.3) is 0 Å². The van der Waals surface area contributed by atoms with Gasteiger partial charge in [0, 0.05) is 35.9 Å². The first-order valence-corrected chi connectivity index (χ1v) is 7.74. The molecule has 5 heteroatoms. The lowest BCUT2D eigenvalue weighted by molar-refractivity contribution is -0.130. The van der Waals surface area contributed by atoms with Crippen LogP contribution < -0.4 is 5.32 Å². The van der Waals surface area contributed by atoms with Crippen LogP contribution in [0, 0.1) is 0 Å². The van der Waals surface area contributed by atoms with E-state index in [2.05, 4.69) is 21.2 Å². The number of anilines is 1. The van der Waals surface area contributed by atoms with Crippen molar-refractivity contribution in [3.8, 4) is 0 Å². The monoisotopic (exact) mass is 340 g/mol. The number of ether oxygens (including phenoxy) is 1. The summed E-state index contributed by atoms with van der Waals surface area (Å²) in [6, 6.07) is 5.69. The molecule has 1 amide bonds. The largest absolute Gasteiger partial charge is 0.380 e. The van der Waals surface area contributed by atoms with E-state index in [9.17, 15) is 4.79 Å². The van der Waals surface area contributed by atoms with E-state index in [0.717, 1.165) is 41.7 Å². The van der Waals surface area contributed by atoms with Crippen LogP contribution in [0.15, 0.2) is 22.7 Å². The lowest BCUT2D eigenvalue weighted by Gasteiger charge is -2.23. The summed E-state index contributed by atoms with van der Waals surface area (Å²) in [4.78, 5) is 14.3. The third-order valence-electron chi connectivity index (χ3n) is 3.57. The molecule has 110 valence electrons. The standard InChI is InChI=1S/C15H21BrN2O2/c1-11(15(19)18-8-3-4-9-18)17-14-7-5-6-13(16)12(14)10-20-2/h5-7,11,17H,3-4,8-10H2,1-2H3. The molecule has 1 N–H and O–H groups in total. The molecule has 1 aromatic carbocycles. The molecule has 0 aliphatic carbocycles. The number of methoxy groups -OCH3 is 1. The highest BCUT2D eigenvalue weighted by Gasteiger charge is 2.23. The van der Waals surface area contributed by atoms with Crippen LogP contribution in [-0.4, -0.2) is 37.0 Å². The van der Waals surface area contributed by atoms with Gasteiger partial charge in [-0.05, 0) is 31.9 Å². The second kappa shape index (κ2) is 7.09. The summed E-state index contributed by atoms with van der Waals surface area (Å²) in [5.74, 6) is 0.172. The van der Waals surface area contributed by atoms with Crippen molar-refractivity contribution >= 4 is 27.5 Å². The zero-order chi connectivity index (χ0) is 14.5. The van der Waals surface area contributed by atoms with Crippen molar-refractivity contribution in [2.24, 2.45) is 0 Å². The molecule has 2 rings (SSSR count). The van der Waals surface area contributed by atoms with Gasteiger partial charge < -0.3 is 15.0 Å². The van der Waals surface area contributed by atoms with Gasteiger partial charge in [0.2, 0.25) is 5.91 Å². The summed E-state index contributed by atoms with van der Waals surface area (Å²) < 4.78 is 6.22. The molecule has 1 aliphatic rings. The summed E-state index contributed by atoms with van der Waals surface area (Å²) in [6.07, 6.45) is 2.23. The van der Waals surface area contributed by atoms with Crippen LogP contribution in [0.5, 0.6) is 0 Å². The topological polar surface area (TPSA) is 41.6 Å². The zero-order valence-electron chi connectivity index (χ0n) is 12.0. The molecule has 1 saturated heterocycles. The molecule has 1 unspecified atom stereocenters. The smallest absolute Gasteiger partial charge is 0.244 e. The molecule has 1 fully saturated rings. The summed E-state index contributed by atoms with van der Waals surface area (Å²) in [5, 5.41) is 3.31. The Bertz CT molecular complexity index is 473. The molecular formula is C15H21BrN2O2. The Hall–Kier alpha value is -1.07. The molecule has 0 radical (unpaired) electrons. The van der Waals surface area contributed by atoms with Gasteiger partial charge in [-0.15, -0.1) is 0 Å². The fourth-order valence-corrected chi connectivity index (χ4v) is 2.97. The number of rotatable bonds is 5. The Morgan fingerprint density at radius 2 is 2.15 bits per heavy atom. The molecule has 1 atom stereocenters. The number of halogens is 1.